The predicted molar refractivity (Wildman–Crippen MR) is 80.2 cm³/mol. The van der Waals surface area contributed by atoms with E-state index < -0.39 is 0 Å². The number of nitrogens with two attached hydrogens (primary N) is 1. The Balaban J connectivity index is 2.71. The van der Waals surface area contributed by atoms with Gasteiger partial charge in [-0.05, 0) is 37.5 Å². The van der Waals surface area contributed by atoms with E-state index in [1.165, 1.54) is 0 Å². The second-order valence-corrected chi connectivity index (χ2v) is 4.83. The number of rotatable bonds is 6. The molecule has 0 fully saturated rings. The fourth-order valence-corrected chi connectivity index (χ4v) is 1.96. The number of benzene rings is 1. The van der Waals surface area contributed by atoms with E-state index in [-0.39, 0.29) is 12.1 Å². The average Bonchev–Trinajstić information content (AvgIpc) is 2.38. The van der Waals surface area contributed by atoms with Crippen LogP contribution in [0.4, 0.5) is 10.5 Å². The second-order valence-electron chi connectivity index (χ2n) is 4.83. The predicted octanol–water partition coefficient (Wildman–Crippen LogP) is 3.36. The first-order valence-electron chi connectivity index (χ1n) is 7.00. The lowest BCUT2D eigenvalue weighted by molar-refractivity contribution is 0.211. The summed E-state index contributed by atoms with van der Waals surface area (Å²) in [5.74, 6) is 0. The molecule has 1 rings (SSSR count). The number of nitrogens with zero attached hydrogens (tertiary/aromatic N) is 1. The van der Waals surface area contributed by atoms with Gasteiger partial charge in [0.2, 0.25) is 0 Å². The maximum absolute atomic E-state index is 12.2. The van der Waals surface area contributed by atoms with Crippen molar-refractivity contribution in [3.63, 3.8) is 0 Å². The molecule has 0 bridgehead atoms. The van der Waals surface area contributed by atoms with Crippen molar-refractivity contribution < 1.29 is 4.79 Å². The van der Waals surface area contributed by atoms with E-state index in [9.17, 15) is 4.79 Å². The first kappa shape index (κ1) is 15.5. The van der Waals surface area contributed by atoms with Crippen molar-refractivity contribution in [1.29, 1.82) is 0 Å². The summed E-state index contributed by atoms with van der Waals surface area (Å²) < 4.78 is 0. The number of urea groups is 1. The lowest BCUT2D eigenvalue weighted by Crippen LogP contribution is -2.36. The summed E-state index contributed by atoms with van der Waals surface area (Å²) >= 11 is 0. The maximum atomic E-state index is 12.2. The quantitative estimate of drug-likeness (QED) is 0.826. The van der Waals surface area contributed by atoms with Crippen LogP contribution in [0.25, 0.3) is 0 Å². The van der Waals surface area contributed by atoms with Crippen molar-refractivity contribution in [1.82, 2.24) is 4.90 Å². The van der Waals surface area contributed by atoms with Gasteiger partial charge < -0.3 is 16.0 Å². The van der Waals surface area contributed by atoms with Crippen molar-refractivity contribution in [2.45, 2.75) is 39.7 Å². The Hall–Kier alpha value is -1.55. The molecule has 0 aliphatic heterocycles. The lowest BCUT2D eigenvalue weighted by atomic mass is 10.1. The largest absolute Gasteiger partial charge is 0.325 e. The summed E-state index contributed by atoms with van der Waals surface area (Å²) in [6, 6.07) is 7.64. The molecule has 0 radical (unpaired) electrons. The molecule has 19 heavy (non-hydrogen) atoms. The second kappa shape index (κ2) is 7.79. The Kier molecular flexibility index (Phi) is 6.36. The van der Waals surface area contributed by atoms with Gasteiger partial charge in [-0.1, -0.05) is 26.0 Å². The van der Waals surface area contributed by atoms with E-state index in [1.807, 2.05) is 36.1 Å². The van der Waals surface area contributed by atoms with E-state index in [2.05, 4.69) is 19.2 Å². The molecule has 0 aliphatic rings. The number of hydrogen-bond acceptors (Lipinski definition) is 2. The number of anilines is 1. The smallest absolute Gasteiger partial charge is 0.321 e. The zero-order valence-corrected chi connectivity index (χ0v) is 12.1. The lowest BCUT2D eigenvalue weighted by Gasteiger charge is -2.22. The topological polar surface area (TPSA) is 58.4 Å². The van der Waals surface area contributed by atoms with Crippen LogP contribution in [0.1, 0.15) is 45.2 Å². The van der Waals surface area contributed by atoms with Gasteiger partial charge in [0.05, 0.1) is 0 Å². The molecule has 0 aromatic heterocycles. The SMILES string of the molecule is CCCN(CCC)C(=O)Nc1cccc(C(C)N)c1. The van der Waals surface area contributed by atoms with Crippen LogP contribution < -0.4 is 11.1 Å². The number of hydrogen-bond donors (Lipinski definition) is 2. The molecular formula is C15H25N3O. The third-order valence-corrected chi connectivity index (χ3v) is 2.94. The van der Waals surface area contributed by atoms with E-state index in [0.717, 1.165) is 37.2 Å². The molecule has 0 spiro atoms. The molecule has 1 atom stereocenters. The molecule has 1 aromatic carbocycles. The normalized spacial score (nSPS) is 12.0. The average molecular weight is 263 g/mol. The Labute approximate surface area is 116 Å². The Bertz CT molecular complexity index is 398. The molecule has 1 aromatic rings. The highest BCUT2D eigenvalue weighted by Gasteiger charge is 2.11. The van der Waals surface area contributed by atoms with Gasteiger partial charge in [-0.2, -0.15) is 0 Å². The molecule has 3 N–H and O–H groups in total. The molecule has 1 unspecified atom stereocenters. The van der Waals surface area contributed by atoms with Crippen LogP contribution in [0, 0.1) is 0 Å². The van der Waals surface area contributed by atoms with Gasteiger partial charge in [0.1, 0.15) is 0 Å². The Morgan fingerprint density at radius 1 is 1.32 bits per heavy atom. The summed E-state index contributed by atoms with van der Waals surface area (Å²) in [6.07, 6.45) is 1.93. The molecule has 0 aliphatic carbocycles. The number of amides is 2. The van der Waals surface area contributed by atoms with Crippen LogP contribution >= 0.6 is 0 Å². The van der Waals surface area contributed by atoms with Crippen molar-refractivity contribution in [2.75, 3.05) is 18.4 Å². The van der Waals surface area contributed by atoms with E-state index >= 15 is 0 Å². The minimum atomic E-state index is -0.0366. The molecule has 0 saturated heterocycles. The first-order chi connectivity index (χ1) is 9.08. The zero-order valence-electron chi connectivity index (χ0n) is 12.1. The summed E-state index contributed by atoms with van der Waals surface area (Å²) in [7, 11) is 0. The molecule has 2 amide bonds. The van der Waals surface area contributed by atoms with Crippen LogP contribution in [-0.4, -0.2) is 24.0 Å². The minimum absolute atomic E-state index is 0.0285. The third kappa shape index (κ3) is 4.91. The standard InChI is InChI=1S/C15H25N3O/c1-4-9-18(10-5-2)15(19)17-14-8-6-7-13(11-14)12(3)16/h6-8,11-12H,4-5,9-10,16H2,1-3H3,(H,17,19). The Morgan fingerprint density at radius 2 is 1.95 bits per heavy atom. The molecular weight excluding hydrogens is 238 g/mol. The molecule has 0 saturated carbocycles. The minimum Gasteiger partial charge on any atom is -0.325 e. The zero-order chi connectivity index (χ0) is 14.3. The first-order valence-corrected chi connectivity index (χ1v) is 7.00. The summed E-state index contributed by atoms with van der Waals surface area (Å²) in [4.78, 5) is 14.0. The summed E-state index contributed by atoms with van der Waals surface area (Å²) in [5, 5.41) is 2.94. The van der Waals surface area contributed by atoms with Gasteiger partial charge in [0.25, 0.3) is 0 Å². The highest BCUT2D eigenvalue weighted by molar-refractivity contribution is 5.89. The third-order valence-electron chi connectivity index (χ3n) is 2.94. The van der Waals surface area contributed by atoms with Gasteiger partial charge in [0, 0.05) is 24.8 Å². The Morgan fingerprint density at radius 3 is 2.47 bits per heavy atom. The molecule has 4 heteroatoms. The van der Waals surface area contributed by atoms with Crippen LogP contribution in [0.15, 0.2) is 24.3 Å². The highest BCUT2D eigenvalue weighted by Crippen LogP contribution is 2.16. The van der Waals surface area contributed by atoms with E-state index in [0.29, 0.717) is 0 Å². The van der Waals surface area contributed by atoms with E-state index in [1.54, 1.807) is 0 Å². The van der Waals surface area contributed by atoms with Crippen molar-refractivity contribution in [2.24, 2.45) is 5.73 Å². The summed E-state index contributed by atoms with van der Waals surface area (Å²) in [6.45, 7) is 7.65. The fourth-order valence-electron chi connectivity index (χ4n) is 1.96. The highest BCUT2D eigenvalue weighted by atomic mass is 16.2. The number of carbonyl (C=O) groups excluding carboxylic acids is 1. The van der Waals surface area contributed by atoms with Crippen molar-refractivity contribution >= 4 is 11.7 Å². The van der Waals surface area contributed by atoms with Crippen LogP contribution in [-0.2, 0) is 0 Å². The van der Waals surface area contributed by atoms with E-state index in [4.69, 9.17) is 5.73 Å². The monoisotopic (exact) mass is 263 g/mol. The fraction of sp³-hybridized carbons (Fsp3) is 0.533. The van der Waals surface area contributed by atoms with Crippen LogP contribution in [0.3, 0.4) is 0 Å². The van der Waals surface area contributed by atoms with Crippen molar-refractivity contribution in [3.05, 3.63) is 29.8 Å². The van der Waals surface area contributed by atoms with Crippen molar-refractivity contribution in [3.8, 4) is 0 Å². The van der Waals surface area contributed by atoms with Crippen LogP contribution in [0.2, 0.25) is 0 Å². The maximum Gasteiger partial charge on any atom is 0.321 e. The van der Waals surface area contributed by atoms with Gasteiger partial charge >= 0.3 is 6.03 Å². The molecule has 0 heterocycles. The molecule has 106 valence electrons. The van der Waals surface area contributed by atoms with Crippen LogP contribution in [0.5, 0.6) is 0 Å². The molecule has 4 nitrogen and oxygen atoms in total. The van der Waals surface area contributed by atoms with Gasteiger partial charge in [0.15, 0.2) is 0 Å². The van der Waals surface area contributed by atoms with Gasteiger partial charge in [-0.3, -0.25) is 0 Å². The van der Waals surface area contributed by atoms with Gasteiger partial charge in [-0.25, -0.2) is 4.79 Å². The number of nitrogens with one attached hydrogen (secondary N) is 1. The summed E-state index contributed by atoms with van der Waals surface area (Å²) in [5.41, 5.74) is 7.67. The van der Waals surface area contributed by atoms with Gasteiger partial charge in [-0.15, -0.1) is 0 Å². The number of carbonyl (C=O) groups is 1.